The van der Waals surface area contributed by atoms with Gasteiger partial charge in [-0.05, 0) is 30.7 Å². The quantitative estimate of drug-likeness (QED) is 0.793. The van der Waals surface area contributed by atoms with Crippen LogP contribution in [0.1, 0.15) is 17.3 Å². The fraction of sp³-hybridized carbons (Fsp3) is 0.143. The zero-order valence-corrected chi connectivity index (χ0v) is 10.6. The van der Waals surface area contributed by atoms with Crippen LogP contribution in [0.15, 0.2) is 42.7 Å². The number of esters is 1. The predicted molar refractivity (Wildman–Crippen MR) is 70.6 cm³/mol. The monoisotopic (exact) mass is 261 g/mol. The summed E-state index contributed by atoms with van der Waals surface area (Å²) in [7, 11) is 0. The number of hydrogen-bond donors (Lipinski definition) is 0. The first-order valence-electron chi connectivity index (χ1n) is 5.59. The van der Waals surface area contributed by atoms with Crippen LogP contribution in [0, 0.1) is 0 Å². The van der Waals surface area contributed by atoms with E-state index in [1.54, 1.807) is 31.3 Å². The van der Waals surface area contributed by atoms with Crippen molar-refractivity contribution in [1.29, 1.82) is 0 Å². The van der Waals surface area contributed by atoms with E-state index in [1.165, 1.54) is 6.20 Å². The fourth-order valence-corrected chi connectivity index (χ4v) is 1.69. The first kappa shape index (κ1) is 12.6. The van der Waals surface area contributed by atoms with E-state index in [0.29, 0.717) is 17.2 Å². The Morgan fingerprint density at radius 2 is 1.94 bits per heavy atom. The van der Waals surface area contributed by atoms with Crippen molar-refractivity contribution in [3.8, 4) is 11.1 Å². The van der Waals surface area contributed by atoms with Crippen molar-refractivity contribution in [2.24, 2.45) is 0 Å². The molecule has 0 saturated carbocycles. The van der Waals surface area contributed by atoms with Gasteiger partial charge in [-0.3, -0.25) is 4.98 Å². The molecular weight excluding hydrogens is 250 g/mol. The minimum Gasteiger partial charge on any atom is -0.462 e. The Balaban J connectivity index is 2.32. The highest BCUT2D eigenvalue weighted by Gasteiger charge is 2.08. The van der Waals surface area contributed by atoms with Crippen LogP contribution in [0.2, 0.25) is 5.02 Å². The second-order valence-electron chi connectivity index (χ2n) is 3.69. The average molecular weight is 262 g/mol. The first-order valence-corrected chi connectivity index (χ1v) is 5.96. The van der Waals surface area contributed by atoms with Gasteiger partial charge >= 0.3 is 5.97 Å². The molecule has 1 aromatic heterocycles. The van der Waals surface area contributed by atoms with Crippen LogP contribution in [0.25, 0.3) is 11.1 Å². The van der Waals surface area contributed by atoms with Crippen molar-refractivity contribution >= 4 is 17.6 Å². The molecule has 1 heterocycles. The molecule has 0 N–H and O–H groups in total. The van der Waals surface area contributed by atoms with Gasteiger partial charge in [0.25, 0.3) is 0 Å². The summed E-state index contributed by atoms with van der Waals surface area (Å²) < 4.78 is 4.94. The van der Waals surface area contributed by atoms with Crippen LogP contribution >= 0.6 is 11.6 Å². The lowest BCUT2D eigenvalue weighted by Gasteiger charge is -2.04. The van der Waals surface area contributed by atoms with Crippen molar-refractivity contribution < 1.29 is 9.53 Å². The summed E-state index contributed by atoms with van der Waals surface area (Å²) in [4.78, 5) is 15.7. The number of hydrogen-bond acceptors (Lipinski definition) is 3. The van der Waals surface area contributed by atoms with Crippen LogP contribution in [0.3, 0.4) is 0 Å². The Kier molecular flexibility index (Phi) is 3.95. The van der Waals surface area contributed by atoms with E-state index in [9.17, 15) is 4.79 Å². The van der Waals surface area contributed by atoms with Gasteiger partial charge in [-0.1, -0.05) is 23.7 Å². The van der Waals surface area contributed by atoms with Gasteiger partial charge in [-0.15, -0.1) is 0 Å². The van der Waals surface area contributed by atoms with Gasteiger partial charge < -0.3 is 4.74 Å². The molecule has 0 aliphatic carbocycles. The largest absolute Gasteiger partial charge is 0.462 e. The molecule has 0 spiro atoms. The number of halogens is 1. The molecular formula is C14H12ClNO2. The number of rotatable bonds is 3. The summed E-state index contributed by atoms with van der Waals surface area (Å²) >= 11 is 5.83. The van der Waals surface area contributed by atoms with Gasteiger partial charge in [0, 0.05) is 23.0 Å². The van der Waals surface area contributed by atoms with E-state index in [4.69, 9.17) is 16.3 Å². The Bertz CT molecular complexity index is 552. The third-order valence-electron chi connectivity index (χ3n) is 2.43. The second-order valence-corrected chi connectivity index (χ2v) is 4.13. The Labute approximate surface area is 110 Å². The minimum atomic E-state index is -0.360. The number of ether oxygens (including phenoxy) is 1. The number of carbonyl (C=O) groups excluding carboxylic acids is 1. The van der Waals surface area contributed by atoms with Gasteiger partial charge in [-0.2, -0.15) is 0 Å². The van der Waals surface area contributed by atoms with Gasteiger partial charge in [0.15, 0.2) is 0 Å². The van der Waals surface area contributed by atoms with Crippen molar-refractivity contribution in [2.75, 3.05) is 6.61 Å². The summed E-state index contributed by atoms with van der Waals surface area (Å²) in [5.74, 6) is -0.360. The topological polar surface area (TPSA) is 39.2 Å². The molecule has 1 aromatic carbocycles. The summed E-state index contributed by atoms with van der Waals surface area (Å²) in [5.41, 5.74) is 2.26. The molecule has 0 saturated heterocycles. The maximum absolute atomic E-state index is 11.6. The van der Waals surface area contributed by atoms with Gasteiger partial charge in [0.05, 0.1) is 12.2 Å². The molecule has 18 heavy (non-hydrogen) atoms. The fourth-order valence-electron chi connectivity index (χ4n) is 1.57. The summed E-state index contributed by atoms with van der Waals surface area (Å²) in [5, 5.41) is 0.674. The lowest BCUT2D eigenvalue weighted by molar-refractivity contribution is 0.0526. The van der Waals surface area contributed by atoms with Crippen LogP contribution in [0.5, 0.6) is 0 Å². The van der Waals surface area contributed by atoms with Gasteiger partial charge in [-0.25, -0.2) is 4.79 Å². The number of carbonyl (C=O) groups is 1. The third-order valence-corrected chi connectivity index (χ3v) is 2.68. The molecule has 0 amide bonds. The van der Waals surface area contributed by atoms with E-state index < -0.39 is 0 Å². The standard InChI is InChI=1S/C14H12ClNO2/c1-2-18-14(17)12-7-11(8-16-9-12)10-3-5-13(15)6-4-10/h3-9H,2H2,1H3. The van der Waals surface area contributed by atoms with Crippen molar-refractivity contribution in [3.63, 3.8) is 0 Å². The maximum Gasteiger partial charge on any atom is 0.339 e. The zero-order chi connectivity index (χ0) is 13.0. The average Bonchev–Trinajstić information content (AvgIpc) is 2.40. The Morgan fingerprint density at radius 3 is 2.61 bits per heavy atom. The first-order chi connectivity index (χ1) is 8.70. The number of benzene rings is 1. The number of pyridine rings is 1. The Hall–Kier alpha value is -1.87. The van der Waals surface area contributed by atoms with E-state index in [-0.39, 0.29) is 5.97 Å². The predicted octanol–water partition coefficient (Wildman–Crippen LogP) is 3.58. The van der Waals surface area contributed by atoms with E-state index in [0.717, 1.165) is 11.1 Å². The third kappa shape index (κ3) is 2.87. The summed E-state index contributed by atoms with van der Waals surface area (Å²) in [6.45, 7) is 2.12. The van der Waals surface area contributed by atoms with Gasteiger partial charge in [0.1, 0.15) is 0 Å². The molecule has 2 rings (SSSR count). The molecule has 0 unspecified atom stereocenters. The highest BCUT2D eigenvalue weighted by molar-refractivity contribution is 6.30. The lowest BCUT2D eigenvalue weighted by Crippen LogP contribution is -2.05. The second kappa shape index (κ2) is 5.65. The zero-order valence-electron chi connectivity index (χ0n) is 9.89. The number of aromatic nitrogens is 1. The van der Waals surface area contributed by atoms with Crippen molar-refractivity contribution in [3.05, 3.63) is 53.3 Å². The normalized spacial score (nSPS) is 10.1. The lowest BCUT2D eigenvalue weighted by atomic mass is 10.1. The summed E-state index contributed by atoms with van der Waals surface area (Å²) in [6.07, 6.45) is 3.20. The maximum atomic E-state index is 11.6. The van der Waals surface area contributed by atoms with Crippen LogP contribution in [0.4, 0.5) is 0 Å². The smallest absolute Gasteiger partial charge is 0.339 e. The van der Waals surface area contributed by atoms with E-state index in [1.807, 2.05) is 12.1 Å². The van der Waals surface area contributed by atoms with E-state index >= 15 is 0 Å². The van der Waals surface area contributed by atoms with Crippen LogP contribution in [-0.2, 0) is 4.74 Å². The molecule has 3 nitrogen and oxygen atoms in total. The highest BCUT2D eigenvalue weighted by Crippen LogP contribution is 2.21. The molecule has 0 atom stereocenters. The van der Waals surface area contributed by atoms with E-state index in [2.05, 4.69) is 4.98 Å². The molecule has 0 aliphatic heterocycles. The molecule has 0 radical (unpaired) electrons. The van der Waals surface area contributed by atoms with Crippen LogP contribution < -0.4 is 0 Å². The SMILES string of the molecule is CCOC(=O)c1cncc(-c2ccc(Cl)cc2)c1. The highest BCUT2D eigenvalue weighted by atomic mass is 35.5. The minimum absolute atomic E-state index is 0.351. The van der Waals surface area contributed by atoms with Crippen molar-refractivity contribution in [2.45, 2.75) is 6.92 Å². The van der Waals surface area contributed by atoms with Crippen molar-refractivity contribution in [1.82, 2.24) is 4.98 Å². The Morgan fingerprint density at radius 1 is 1.22 bits per heavy atom. The molecule has 92 valence electrons. The molecule has 0 aliphatic rings. The molecule has 0 fully saturated rings. The van der Waals surface area contributed by atoms with Gasteiger partial charge in [0.2, 0.25) is 0 Å². The summed E-state index contributed by atoms with van der Waals surface area (Å²) in [6, 6.07) is 9.12. The number of nitrogens with zero attached hydrogens (tertiary/aromatic N) is 1. The molecule has 0 bridgehead atoms. The molecule has 4 heteroatoms. The van der Waals surface area contributed by atoms with Crippen LogP contribution in [-0.4, -0.2) is 17.6 Å². The molecule has 2 aromatic rings.